The van der Waals surface area contributed by atoms with Gasteiger partial charge >= 0.3 is 0 Å². The minimum atomic E-state index is 0.103. The summed E-state index contributed by atoms with van der Waals surface area (Å²) in [5.41, 5.74) is 1.12. The molecule has 0 aliphatic carbocycles. The van der Waals surface area contributed by atoms with Crippen LogP contribution in [0.4, 0.5) is 5.69 Å². The number of benzene rings is 1. The van der Waals surface area contributed by atoms with Crippen LogP contribution < -0.4 is 14.8 Å². The van der Waals surface area contributed by atoms with E-state index in [4.69, 9.17) is 14.7 Å². The Morgan fingerprint density at radius 1 is 1.33 bits per heavy atom. The molecule has 96 valence electrons. The molecule has 1 aromatic carbocycles. The average molecular weight is 246 g/mol. The van der Waals surface area contributed by atoms with Crippen molar-refractivity contribution in [3.63, 3.8) is 0 Å². The normalized spacial score (nSPS) is 13.2. The van der Waals surface area contributed by atoms with Crippen molar-refractivity contribution in [1.29, 1.82) is 5.26 Å². The number of nitrogens with zero attached hydrogens (tertiary/aromatic N) is 1. The second-order valence-electron chi connectivity index (χ2n) is 5.24. The standard InChI is InChI=1S/C14H18N2O2/c1-14(2,6-3-7-15)9-16-11-4-5-12-13(8-11)18-10-17-12/h4-5,8,16H,3,6,9-10H2,1-2H3. The van der Waals surface area contributed by atoms with Gasteiger partial charge in [0.25, 0.3) is 0 Å². The zero-order chi connectivity index (χ0) is 13.0. The van der Waals surface area contributed by atoms with E-state index < -0.39 is 0 Å². The maximum atomic E-state index is 8.62. The molecule has 1 aromatic rings. The number of fused-ring (bicyclic) bond motifs is 1. The first-order valence-corrected chi connectivity index (χ1v) is 6.11. The molecule has 0 radical (unpaired) electrons. The number of nitrogens with one attached hydrogen (secondary N) is 1. The minimum Gasteiger partial charge on any atom is -0.454 e. The Morgan fingerprint density at radius 3 is 2.89 bits per heavy atom. The van der Waals surface area contributed by atoms with Gasteiger partial charge in [-0.1, -0.05) is 13.8 Å². The van der Waals surface area contributed by atoms with Gasteiger partial charge in [0.15, 0.2) is 11.5 Å². The van der Waals surface area contributed by atoms with Gasteiger partial charge in [0.1, 0.15) is 0 Å². The van der Waals surface area contributed by atoms with Gasteiger partial charge < -0.3 is 14.8 Å². The van der Waals surface area contributed by atoms with Gasteiger partial charge in [-0.3, -0.25) is 0 Å². The molecule has 1 N–H and O–H groups in total. The topological polar surface area (TPSA) is 54.3 Å². The summed E-state index contributed by atoms with van der Waals surface area (Å²) in [6.07, 6.45) is 1.48. The molecular weight excluding hydrogens is 228 g/mol. The van der Waals surface area contributed by atoms with E-state index >= 15 is 0 Å². The molecule has 1 aliphatic rings. The predicted molar refractivity (Wildman–Crippen MR) is 69.7 cm³/mol. The van der Waals surface area contributed by atoms with Crippen LogP contribution in [0.25, 0.3) is 0 Å². The van der Waals surface area contributed by atoms with E-state index in [0.29, 0.717) is 13.2 Å². The zero-order valence-electron chi connectivity index (χ0n) is 10.8. The molecule has 0 amide bonds. The molecule has 0 saturated carbocycles. The Bertz CT molecular complexity index is 463. The largest absolute Gasteiger partial charge is 0.454 e. The maximum Gasteiger partial charge on any atom is 0.231 e. The van der Waals surface area contributed by atoms with Crippen molar-refractivity contribution in [1.82, 2.24) is 0 Å². The molecule has 0 aromatic heterocycles. The summed E-state index contributed by atoms with van der Waals surface area (Å²) in [4.78, 5) is 0. The highest BCUT2D eigenvalue weighted by Crippen LogP contribution is 2.34. The van der Waals surface area contributed by atoms with Crippen LogP contribution in [-0.2, 0) is 0 Å². The monoisotopic (exact) mass is 246 g/mol. The molecule has 4 heteroatoms. The molecule has 0 unspecified atom stereocenters. The fraction of sp³-hybridized carbons (Fsp3) is 0.500. The van der Waals surface area contributed by atoms with Crippen molar-refractivity contribution in [2.75, 3.05) is 18.7 Å². The summed E-state index contributed by atoms with van der Waals surface area (Å²) in [6, 6.07) is 8.03. The molecular formula is C14H18N2O2. The van der Waals surface area contributed by atoms with Crippen molar-refractivity contribution in [2.24, 2.45) is 5.41 Å². The number of anilines is 1. The Labute approximate surface area is 108 Å². The molecule has 2 rings (SSSR count). The van der Waals surface area contributed by atoms with Gasteiger partial charge in [0.2, 0.25) is 6.79 Å². The van der Waals surface area contributed by atoms with Crippen molar-refractivity contribution in [2.45, 2.75) is 26.7 Å². The molecule has 0 atom stereocenters. The van der Waals surface area contributed by atoms with Crippen molar-refractivity contribution in [3.8, 4) is 17.6 Å². The van der Waals surface area contributed by atoms with E-state index in [2.05, 4.69) is 25.2 Å². The van der Waals surface area contributed by atoms with Crippen LogP contribution in [0.1, 0.15) is 26.7 Å². The summed E-state index contributed by atoms with van der Waals surface area (Å²) in [6.45, 7) is 5.44. The number of hydrogen-bond acceptors (Lipinski definition) is 4. The molecule has 18 heavy (non-hydrogen) atoms. The van der Waals surface area contributed by atoms with Crippen LogP contribution in [0.3, 0.4) is 0 Å². The minimum absolute atomic E-state index is 0.103. The third-order valence-corrected chi connectivity index (χ3v) is 3.06. The number of rotatable bonds is 5. The van der Waals surface area contributed by atoms with Gasteiger partial charge in [-0.25, -0.2) is 0 Å². The second kappa shape index (κ2) is 5.18. The maximum absolute atomic E-state index is 8.62. The molecule has 0 bridgehead atoms. The fourth-order valence-corrected chi connectivity index (χ4v) is 1.83. The Kier molecular flexibility index (Phi) is 3.61. The van der Waals surface area contributed by atoms with Crippen LogP contribution in [0.5, 0.6) is 11.5 Å². The second-order valence-corrected chi connectivity index (χ2v) is 5.24. The highest BCUT2D eigenvalue weighted by molar-refractivity contribution is 5.55. The highest BCUT2D eigenvalue weighted by Gasteiger charge is 2.18. The first-order valence-electron chi connectivity index (χ1n) is 6.11. The first kappa shape index (κ1) is 12.6. The van der Waals surface area contributed by atoms with E-state index in [1.165, 1.54) is 0 Å². The zero-order valence-corrected chi connectivity index (χ0v) is 10.8. The van der Waals surface area contributed by atoms with Crippen molar-refractivity contribution in [3.05, 3.63) is 18.2 Å². The molecule has 0 fully saturated rings. The van der Waals surface area contributed by atoms with Crippen molar-refractivity contribution < 1.29 is 9.47 Å². The van der Waals surface area contributed by atoms with Gasteiger partial charge in [-0.2, -0.15) is 5.26 Å². The van der Waals surface area contributed by atoms with Crippen LogP contribution in [0, 0.1) is 16.7 Å². The molecule has 1 aliphatic heterocycles. The van der Waals surface area contributed by atoms with Crippen LogP contribution >= 0.6 is 0 Å². The van der Waals surface area contributed by atoms with E-state index in [1.807, 2.05) is 18.2 Å². The first-order chi connectivity index (χ1) is 8.61. The third-order valence-electron chi connectivity index (χ3n) is 3.06. The van der Waals surface area contributed by atoms with Gasteiger partial charge in [0, 0.05) is 24.7 Å². The third kappa shape index (κ3) is 3.07. The quantitative estimate of drug-likeness (QED) is 0.867. The lowest BCUT2D eigenvalue weighted by Crippen LogP contribution is -2.22. The van der Waals surface area contributed by atoms with Gasteiger partial charge in [-0.05, 0) is 24.0 Å². The predicted octanol–water partition coefficient (Wildman–Crippen LogP) is 3.16. The number of nitriles is 1. The SMILES string of the molecule is CC(C)(CCC#N)CNc1ccc2c(c1)OCO2. The Morgan fingerprint density at radius 2 is 2.11 bits per heavy atom. The van der Waals surface area contributed by atoms with Gasteiger partial charge in [0.05, 0.1) is 6.07 Å². The Balaban J connectivity index is 1.92. The Hall–Kier alpha value is -1.89. The van der Waals surface area contributed by atoms with Crippen LogP contribution in [0.2, 0.25) is 0 Å². The lowest BCUT2D eigenvalue weighted by atomic mass is 9.88. The summed E-state index contributed by atoms with van der Waals surface area (Å²) < 4.78 is 10.6. The fourth-order valence-electron chi connectivity index (χ4n) is 1.83. The molecule has 0 saturated heterocycles. The highest BCUT2D eigenvalue weighted by atomic mass is 16.7. The summed E-state index contributed by atoms with van der Waals surface area (Å²) in [5, 5.41) is 12.0. The molecule has 4 nitrogen and oxygen atoms in total. The van der Waals surface area contributed by atoms with E-state index in [1.54, 1.807) is 0 Å². The van der Waals surface area contributed by atoms with E-state index in [-0.39, 0.29) is 5.41 Å². The lowest BCUT2D eigenvalue weighted by molar-refractivity contribution is 0.174. The number of ether oxygens (including phenoxy) is 2. The molecule has 0 spiro atoms. The summed E-state index contributed by atoms with van der Waals surface area (Å²) >= 11 is 0. The average Bonchev–Trinajstić information content (AvgIpc) is 2.81. The smallest absolute Gasteiger partial charge is 0.231 e. The summed E-state index contributed by atoms with van der Waals surface area (Å²) in [5.74, 6) is 1.58. The van der Waals surface area contributed by atoms with Crippen LogP contribution in [-0.4, -0.2) is 13.3 Å². The number of hydrogen-bond donors (Lipinski definition) is 1. The van der Waals surface area contributed by atoms with Gasteiger partial charge in [-0.15, -0.1) is 0 Å². The summed E-state index contributed by atoms with van der Waals surface area (Å²) in [7, 11) is 0. The molecule has 1 heterocycles. The van der Waals surface area contributed by atoms with Crippen LogP contribution in [0.15, 0.2) is 18.2 Å². The van der Waals surface area contributed by atoms with E-state index in [0.717, 1.165) is 30.2 Å². The lowest BCUT2D eigenvalue weighted by Gasteiger charge is -2.24. The van der Waals surface area contributed by atoms with Crippen molar-refractivity contribution >= 4 is 5.69 Å². The van der Waals surface area contributed by atoms with E-state index in [9.17, 15) is 0 Å².